The number of aliphatic hydroxyl groups excluding tert-OH is 7. The Morgan fingerprint density at radius 1 is 0.500 bits per heavy atom. The second kappa shape index (κ2) is 38.4. The van der Waals surface area contributed by atoms with Crippen LogP contribution in [0.1, 0.15) is 239 Å². The second-order valence-electron chi connectivity index (χ2n) is 18.5. The largest absolute Gasteiger partial charge is 0.472 e. The number of carbonyl (C=O) groups is 1. The molecule has 370 valence electrons. The molecule has 6 unspecified atom stereocenters. The first-order chi connectivity index (χ1) is 29.9. The van der Waals surface area contributed by atoms with Crippen molar-refractivity contribution in [3.8, 4) is 0 Å². The van der Waals surface area contributed by atoms with Crippen LogP contribution in [0, 0.1) is 0 Å². The van der Waals surface area contributed by atoms with E-state index in [4.69, 9.17) is 9.05 Å². The molecule has 1 aliphatic carbocycles. The Labute approximate surface area is 377 Å². The zero-order valence-corrected chi connectivity index (χ0v) is 40.2. The highest BCUT2D eigenvalue weighted by Crippen LogP contribution is 2.47. The third kappa shape index (κ3) is 29.0. The van der Waals surface area contributed by atoms with Crippen LogP contribution in [-0.2, 0) is 18.4 Å². The summed E-state index contributed by atoms with van der Waals surface area (Å²) in [6.07, 6.45) is 25.6. The predicted molar refractivity (Wildman–Crippen MR) is 248 cm³/mol. The molecule has 0 spiro atoms. The summed E-state index contributed by atoms with van der Waals surface area (Å²) in [6, 6.07) is -1.30. The average molecular weight is 910 g/mol. The summed E-state index contributed by atoms with van der Waals surface area (Å²) >= 11 is 0. The lowest BCUT2D eigenvalue weighted by molar-refractivity contribution is -0.220. The third-order valence-corrected chi connectivity index (χ3v) is 13.7. The molecule has 0 radical (unpaired) electrons. The average Bonchev–Trinajstić information content (AvgIpc) is 3.25. The maximum Gasteiger partial charge on any atom is 0.472 e. The highest BCUT2D eigenvalue weighted by Gasteiger charge is 2.51. The highest BCUT2D eigenvalue weighted by atomic mass is 31.2. The summed E-state index contributed by atoms with van der Waals surface area (Å²) in [5.41, 5.74) is 0. The van der Waals surface area contributed by atoms with Gasteiger partial charge in [0.05, 0.1) is 18.8 Å². The molecule has 0 bridgehead atoms. The Morgan fingerprint density at radius 3 is 1.16 bits per heavy atom. The number of amides is 1. The Morgan fingerprint density at radius 2 is 0.806 bits per heavy atom. The molecule has 14 heteroatoms. The van der Waals surface area contributed by atoms with Gasteiger partial charge in [-0.05, 0) is 12.8 Å². The van der Waals surface area contributed by atoms with E-state index >= 15 is 0 Å². The van der Waals surface area contributed by atoms with Gasteiger partial charge >= 0.3 is 7.82 Å². The molecule has 1 amide bonds. The summed E-state index contributed by atoms with van der Waals surface area (Å²) in [4.78, 5) is 23.5. The van der Waals surface area contributed by atoms with Gasteiger partial charge in [-0.25, -0.2) is 4.57 Å². The molecule has 0 aromatic heterocycles. The minimum Gasteiger partial charge on any atom is -0.390 e. The number of aliphatic hydroxyl groups is 7. The van der Waals surface area contributed by atoms with E-state index in [2.05, 4.69) is 19.2 Å². The van der Waals surface area contributed by atoms with Crippen molar-refractivity contribution in [2.45, 2.75) is 293 Å². The van der Waals surface area contributed by atoms with Crippen molar-refractivity contribution in [1.82, 2.24) is 5.32 Å². The maximum absolute atomic E-state index is 13.0. The lowest BCUT2D eigenvalue weighted by atomic mass is 9.85. The number of phosphoric ester groups is 1. The molecular formula is C48H96NO12P. The van der Waals surface area contributed by atoms with Gasteiger partial charge in [0.2, 0.25) is 5.91 Å². The van der Waals surface area contributed by atoms with Crippen molar-refractivity contribution >= 4 is 13.7 Å². The fourth-order valence-corrected chi connectivity index (χ4v) is 9.50. The normalized spacial score (nSPS) is 22.9. The van der Waals surface area contributed by atoms with Crippen molar-refractivity contribution in [2.24, 2.45) is 0 Å². The van der Waals surface area contributed by atoms with E-state index in [-0.39, 0.29) is 12.8 Å². The molecule has 1 aliphatic rings. The SMILES string of the molecule is CCCCCCCCCCCCCCCCCCCCCC(=O)N[C@@H](COP(=O)(O)OC1C(O)C(O)C(O)[C@@H](O)C1O)[C@H](O)[C@H](O)CCCCCCCCCCCCCCCC. The molecule has 0 aromatic carbocycles. The number of hydrogen-bond acceptors (Lipinski definition) is 11. The zero-order chi connectivity index (χ0) is 45.9. The van der Waals surface area contributed by atoms with Crippen molar-refractivity contribution in [2.75, 3.05) is 6.61 Å². The van der Waals surface area contributed by atoms with Crippen molar-refractivity contribution < 1.29 is 59.0 Å². The van der Waals surface area contributed by atoms with E-state index in [9.17, 15) is 50.0 Å². The molecular weight excluding hydrogens is 813 g/mol. The first-order valence-corrected chi connectivity index (χ1v) is 27.1. The number of hydrogen-bond donors (Lipinski definition) is 9. The molecule has 1 saturated carbocycles. The monoisotopic (exact) mass is 910 g/mol. The van der Waals surface area contributed by atoms with Gasteiger partial charge in [-0.15, -0.1) is 0 Å². The number of nitrogens with one attached hydrogen (secondary N) is 1. The number of rotatable bonds is 43. The topological polar surface area (TPSA) is 226 Å². The van der Waals surface area contributed by atoms with E-state index in [1.165, 1.54) is 161 Å². The zero-order valence-electron chi connectivity index (χ0n) is 39.3. The first kappa shape index (κ1) is 59.3. The molecule has 0 aromatic rings. The van der Waals surface area contributed by atoms with Gasteiger partial charge in [-0.3, -0.25) is 13.8 Å². The molecule has 0 heterocycles. The van der Waals surface area contributed by atoms with Gasteiger partial charge < -0.3 is 46.0 Å². The van der Waals surface area contributed by atoms with Gasteiger partial charge in [-0.1, -0.05) is 219 Å². The lowest BCUT2D eigenvalue weighted by Gasteiger charge is -2.41. The number of carbonyl (C=O) groups excluding carboxylic acids is 1. The summed E-state index contributed by atoms with van der Waals surface area (Å²) in [5, 5.41) is 75.1. The Hall–Kier alpha value is -0.700. The smallest absolute Gasteiger partial charge is 0.390 e. The van der Waals surface area contributed by atoms with Crippen LogP contribution in [0.25, 0.3) is 0 Å². The highest BCUT2D eigenvalue weighted by molar-refractivity contribution is 7.47. The molecule has 1 rings (SSSR count). The van der Waals surface area contributed by atoms with Crippen LogP contribution in [0.2, 0.25) is 0 Å². The van der Waals surface area contributed by atoms with Crippen LogP contribution >= 0.6 is 7.82 Å². The lowest BCUT2D eigenvalue weighted by Crippen LogP contribution is -2.64. The van der Waals surface area contributed by atoms with E-state index < -0.39 is 75.2 Å². The van der Waals surface area contributed by atoms with Crippen molar-refractivity contribution in [3.05, 3.63) is 0 Å². The molecule has 1 fully saturated rings. The van der Waals surface area contributed by atoms with Crippen LogP contribution < -0.4 is 5.32 Å². The van der Waals surface area contributed by atoms with Gasteiger partial charge in [0.15, 0.2) is 0 Å². The maximum atomic E-state index is 13.0. The molecule has 10 atom stereocenters. The number of phosphoric acid groups is 1. The summed E-state index contributed by atoms with van der Waals surface area (Å²) in [6.45, 7) is 3.73. The third-order valence-electron chi connectivity index (χ3n) is 12.8. The summed E-state index contributed by atoms with van der Waals surface area (Å²) in [7, 11) is -5.15. The van der Waals surface area contributed by atoms with Gasteiger partial charge in [-0.2, -0.15) is 0 Å². The van der Waals surface area contributed by atoms with E-state index in [0.717, 1.165) is 38.5 Å². The van der Waals surface area contributed by atoms with E-state index in [0.29, 0.717) is 12.8 Å². The second-order valence-corrected chi connectivity index (χ2v) is 19.9. The van der Waals surface area contributed by atoms with Crippen molar-refractivity contribution in [3.63, 3.8) is 0 Å². The predicted octanol–water partition coefficient (Wildman–Crippen LogP) is 9.21. The molecule has 13 nitrogen and oxygen atoms in total. The Kier molecular flexibility index (Phi) is 36.7. The molecule has 62 heavy (non-hydrogen) atoms. The minimum absolute atomic E-state index is 0.156. The Balaban J connectivity index is 2.46. The van der Waals surface area contributed by atoms with E-state index in [1.54, 1.807) is 0 Å². The fourth-order valence-electron chi connectivity index (χ4n) is 8.54. The Bertz CT molecular complexity index is 1070. The van der Waals surface area contributed by atoms with Gasteiger partial charge in [0.1, 0.15) is 42.7 Å². The summed E-state index contributed by atoms with van der Waals surface area (Å²) in [5.74, 6) is -0.416. The van der Waals surface area contributed by atoms with Crippen LogP contribution in [0.15, 0.2) is 0 Å². The van der Waals surface area contributed by atoms with Crippen LogP contribution in [0.5, 0.6) is 0 Å². The standard InChI is InChI=1S/C48H96NO12P/c1-3-5-7-9-11-13-15-17-19-20-21-22-23-25-27-29-31-33-35-37-41(51)49-39(38-60-62(58,59)61-48-46(56)44(54)43(53)45(55)47(48)57)42(52)40(50)36-34-32-30-28-26-24-18-16-14-12-10-8-6-4-2/h39-40,42-48,50,52-57H,3-38H2,1-2H3,(H,49,51)(H,58,59)/t39-,40+,42-,43?,44+,45?,46?,47?,48?/m0/s1. The fraction of sp³-hybridized carbons (Fsp3) is 0.979. The number of unbranched alkanes of at least 4 members (excludes halogenated alkanes) is 31. The molecule has 9 N–H and O–H groups in total. The van der Waals surface area contributed by atoms with Gasteiger partial charge in [0, 0.05) is 6.42 Å². The minimum atomic E-state index is -5.15. The van der Waals surface area contributed by atoms with Crippen LogP contribution in [0.4, 0.5) is 0 Å². The molecule has 0 aliphatic heterocycles. The van der Waals surface area contributed by atoms with Gasteiger partial charge in [0.25, 0.3) is 0 Å². The molecule has 0 saturated heterocycles. The summed E-state index contributed by atoms with van der Waals surface area (Å²) < 4.78 is 22.9. The van der Waals surface area contributed by atoms with Crippen LogP contribution in [0.3, 0.4) is 0 Å². The van der Waals surface area contributed by atoms with Crippen molar-refractivity contribution in [1.29, 1.82) is 0 Å². The first-order valence-electron chi connectivity index (χ1n) is 25.6. The van der Waals surface area contributed by atoms with E-state index in [1.807, 2.05) is 0 Å². The quantitative estimate of drug-likeness (QED) is 0.0206. The van der Waals surface area contributed by atoms with Crippen LogP contribution in [-0.4, -0.2) is 108 Å².